The highest BCUT2D eigenvalue weighted by Gasteiger charge is 2.23. The lowest BCUT2D eigenvalue weighted by Gasteiger charge is -2.25. The minimum absolute atomic E-state index is 0.479. The summed E-state index contributed by atoms with van der Waals surface area (Å²) in [6, 6.07) is 5.51. The van der Waals surface area contributed by atoms with Crippen LogP contribution in [-0.4, -0.2) is 49.2 Å². The maximum Gasteiger partial charge on any atom is 0.128 e. The normalized spacial score (nSPS) is 19.8. The molecule has 0 radical (unpaired) electrons. The van der Waals surface area contributed by atoms with Gasteiger partial charge in [0, 0.05) is 38.4 Å². The summed E-state index contributed by atoms with van der Waals surface area (Å²) in [5, 5.41) is 3.30. The summed E-state index contributed by atoms with van der Waals surface area (Å²) in [4.78, 5) is 9.36. The maximum absolute atomic E-state index is 4.60. The largest absolute Gasteiger partial charge is 0.357 e. The molecule has 0 aromatic carbocycles. The molecule has 0 aliphatic carbocycles. The molecule has 2 heterocycles. The number of rotatable bonds is 6. The van der Waals surface area contributed by atoms with Crippen molar-refractivity contribution in [1.82, 2.24) is 15.2 Å². The van der Waals surface area contributed by atoms with Gasteiger partial charge in [-0.15, -0.1) is 0 Å². The first-order chi connectivity index (χ1) is 9.61. The molecular weight excluding hydrogens is 248 g/mol. The highest BCUT2D eigenvalue weighted by Crippen LogP contribution is 2.20. The average Bonchev–Trinajstić information content (AvgIpc) is 2.86. The molecule has 1 saturated heterocycles. The number of hydrogen-bond acceptors (Lipinski definition) is 4. The molecule has 1 aliphatic heterocycles. The van der Waals surface area contributed by atoms with Crippen molar-refractivity contribution in [3.8, 4) is 0 Å². The second-order valence-corrected chi connectivity index (χ2v) is 6.05. The van der Waals surface area contributed by atoms with Crippen molar-refractivity contribution < 1.29 is 0 Å². The molecule has 20 heavy (non-hydrogen) atoms. The van der Waals surface area contributed by atoms with E-state index in [0.29, 0.717) is 12.1 Å². The van der Waals surface area contributed by atoms with Crippen molar-refractivity contribution in [1.29, 1.82) is 0 Å². The van der Waals surface area contributed by atoms with Crippen molar-refractivity contribution in [3.63, 3.8) is 0 Å². The molecule has 1 N–H and O–H groups in total. The van der Waals surface area contributed by atoms with Crippen LogP contribution in [0.3, 0.4) is 0 Å². The Morgan fingerprint density at radius 3 is 2.85 bits per heavy atom. The fourth-order valence-corrected chi connectivity index (χ4v) is 2.79. The fourth-order valence-electron chi connectivity index (χ4n) is 2.79. The van der Waals surface area contributed by atoms with Gasteiger partial charge in [-0.25, -0.2) is 4.98 Å². The van der Waals surface area contributed by atoms with E-state index in [4.69, 9.17) is 0 Å². The van der Waals surface area contributed by atoms with Crippen LogP contribution in [0.5, 0.6) is 0 Å². The van der Waals surface area contributed by atoms with E-state index in [-0.39, 0.29) is 0 Å². The summed E-state index contributed by atoms with van der Waals surface area (Å²) in [6.07, 6.45) is 4.65. The monoisotopic (exact) mass is 276 g/mol. The van der Waals surface area contributed by atoms with Gasteiger partial charge in [-0.3, -0.25) is 4.90 Å². The molecule has 1 atom stereocenters. The van der Waals surface area contributed by atoms with Crippen LogP contribution in [0.15, 0.2) is 18.3 Å². The van der Waals surface area contributed by atoms with E-state index in [2.05, 4.69) is 53.1 Å². The molecule has 0 amide bonds. The standard InChI is InChI=1S/C16H28N4/c1-13(2)19(4)16-8-7-14(10-18-16)12-20-9-5-6-15(20)11-17-3/h7-8,10,13,15,17H,5-6,9,11-12H2,1-4H3. The highest BCUT2D eigenvalue weighted by atomic mass is 15.2. The number of aromatic nitrogens is 1. The molecule has 1 aromatic heterocycles. The third kappa shape index (κ3) is 3.70. The lowest BCUT2D eigenvalue weighted by Crippen LogP contribution is -2.36. The van der Waals surface area contributed by atoms with E-state index in [1.54, 1.807) is 0 Å². The molecule has 1 aromatic rings. The van der Waals surface area contributed by atoms with Crippen LogP contribution in [0.2, 0.25) is 0 Å². The average molecular weight is 276 g/mol. The van der Waals surface area contributed by atoms with Crippen LogP contribution in [0.25, 0.3) is 0 Å². The van der Waals surface area contributed by atoms with Gasteiger partial charge in [0.15, 0.2) is 0 Å². The smallest absolute Gasteiger partial charge is 0.128 e. The summed E-state index contributed by atoms with van der Waals surface area (Å²) >= 11 is 0. The first kappa shape index (κ1) is 15.3. The fraction of sp³-hybridized carbons (Fsp3) is 0.688. The molecule has 2 rings (SSSR count). The van der Waals surface area contributed by atoms with Crippen molar-refractivity contribution in [2.24, 2.45) is 0 Å². The molecule has 112 valence electrons. The summed E-state index contributed by atoms with van der Waals surface area (Å²) in [6.45, 7) is 7.68. The van der Waals surface area contributed by atoms with Gasteiger partial charge in [-0.2, -0.15) is 0 Å². The zero-order valence-electron chi connectivity index (χ0n) is 13.3. The van der Waals surface area contributed by atoms with E-state index in [0.717, 1.165) is 18.9 Å². The number of likely N-dealkylation sites (tertiary alicyclic amines) is 1. The van der Waals surface area contributed by atoms with Crippen LogP contribution in [-0.2, 0) is 6.54 Å². The quantitative estimate of drug-likeness (QED) is 0.862. The van der Waals surface area contributed by atoms with E-state index < -0.39 is 0 Å². The summed E-state index contributed by atoms with van der Waals surface area (Å²) in [7, 11) is 4.13. The first-order valence-electron chi connectivity index (χ1n) is 7.68. The zero-order valence-corrected chi connectivity index (χ0v) is 13.3. The van der Waals surface area contributed by atoms with Gasteiger partial charge in [0.05, 0.1) is 0 Å². The summed E-state index contributed by atoms with van der Waals surface area (Å²) in [5.41, 5.74) is 1.31. The van der Waals surface area contributed by atoms with Gasteiger partial charge < -0.3 is 10.2 Å². The summed E-state index contributed by atoms with van der Waals surface area (Å²) < 4.78 is 0. The zero-order chi connectivity index (χ0) is 14.5. The van der Waals surface area contributed by atoms with Crippen molar-refractivity contribution in [2.45, 2.75) is 45.3 Å². The van der Waals surface area contributed by atoms with Gasteiger partial charge in [0.2, 0.25) is 0 Å². The third-order valence-corrected chi connectivity index (χ3v) is 4.27. The molecule has 0 spiro atoms. The number of nitrogens with one attached hydrogen (secondary N) is 1. The molecule has 4 heteroatoms. The number of anilines is 1. The molecule has 4 nitrogen and oxygen atoms in total. The lowest BCUT2D eigenvalue weighted by atomic mass is 10.2. The van der Waals surface area contributed by atoms with Gasteiger partial charge in [0.1, 0.15) is 5.82 Å². The van der Waals surface area contributed by atoms with Crippen LogP contribution in [0.1, 0.15) is 32.3 Å². The van der Waals surface area contributed by atoms with Crippen LogP contribution in [0, 0.1) is 0 Å². The third-order valence-electron chi connectivity index (χ3n) is 4.27. The van der Waals surface area contributed by atoms with Crippen molar-refractivity contribution in [3.05, 3.63) is 23.9 Å². The van der Waals surface area contributed by atoms with Crippen LogP contribution < -0.4 is 10.2 Å². The summed E-state index contributed by atoms with van der Waals surface area (Å²) in [5.74, 6) is 1.05. The molecule has 0 bridgehead atoms. The SMILES string of the molecule is CNCC1CCCN1Cc1ccc(N(C)C(C)C)nc1. The molecule has 0 saturated carbocycles. The predicted molar refractivity (Wildman–Crippen MR) is 85.1 cm³/mol. The Labute approximate surface area is 123 Å². The Bertz CT molecular complexity index is 401. The van der Waals surface area contributed by atoms with E-state index in [1.807, 2.05) is 13.2 Å². The Balaban J connectivity index is 1.96. The highest BCUT2D eigenvalue weighted by molar-refractivity contribution is 5.39. The first-order valence-corrected chi connectivity index (χ1v) is 7.68. The second kappa shape index (κ2) is 7.04. The van der Waals surface area contributed by atoms with Gasteiger partial charge >= 0.3 is 0 Å². The van der Waals surface area contributed by atoms with Gasteiger partial charge in [-0.1, -0.05) is 6.07 Å². The second-order valence-electron chi connectivity index (χ2n) is 6.05. The van der Waals surface area contributed by atoms with Crippen LogP contribution in [0.4, 0.5) is 5.82 Å². The van der Waals surface area contributed by atoms with Crippen LogP contribution >= 0.6 is 0 Å². The molecule has 1 aliphatic rings. The van der Waals surface area contributed by atoms with Gasteiger partial charge in [0.25, 0.3) is 0 Å². The van der Waals surface area contributed by atoms with Crippen molar-refractivity contribution in [2.75, 3.05) is 32.1 Å². The Morgan fingerprint density at radius 1 is 1.45 bits per heavy atom. The minimum atomic E-state index is 0.479. The molecule has 1 fully saturated rings. The Kier molecular flexibility index (Phi) is 5.38. The molecular formula is C16H28N4. The number of hydrogen-bond donors (Lipinski definition) is 1. The Hall–Kier alpha value is -1.13. The number of likely N-dealkylation sites (N-methyl/N-ethyl adjacent to an activating group) is 1. The molecule has 1 unspecified atom stereocenters. The van der Waals surface area contributed by atoms with Gasteiger partial charge in [-0.05, 0) is 51.9 Å². The Morgan fingerprint density at radius 2 is 2.25 bits per heavy atom. The van der Waals surface area contributed by atoms with E-state index in [9.17, 15) is 0 Å². The number of nitrogens with zero attached hydrogens (tertiary/aromatic N) is 3. The topological polar surface area (TPSA) is 31.4 Å². The number of pyridine rings is 1. The van der Waals surface area contributed by atoms with Crippen molar-refractivity contribution >= 4 is 5.82 Å². The predicted octanol–water partition coefficient (Wildman–Crippen LogP) is 2.11. The maximum atomic E-state index is 4.60. The van der Waals surface area contributed by atoms with E-state index in [1.165, 1.54) is 24.9 Å². The minimum Gasteiger partial charge on any atom is -0.357 e. The lowest BCUT2D eigenvalue weighted by molar-refractivity contribution is 0.242. The van der Waals surface area contributed by atoms with E-state index >= 15 is 0 Å².